The first-order chi connectivity index (χ1) is 17.1. The van der Waals surface area contributed by atoms with E-state index in [2.05, 4.69) is 10.3 Å². The molecule has 182 valence electrons. The van der Waals surface area contributed by atoms with Crippen molar-refractivity contribution in [2.45, 2.75) is 44.2 Å². The van der Waals surface area contributed by atoms with Crippen LogP contribution in [0.4, 0.5) is 5.69 Å². The molecule has 1 aromatic heterocycles. The van der Waals surface area contributed by atoms with Crippen LogP contribution in [0.25, 0.3) is 0 Å². The first-order valence-corrected chi connectivity index (χ1v) is 11.9. The van der Waals surface area contributed by atoms with Crippen LogP contribution in [0.2, 0.25) is 0 Å². The Morgan fingerprint density at radius 1 is 0.886 bits per heavy atom. The number of nitrogens with one attached hydrogen (secondary N) is 1. The summed E-state index contributed by atoms with van der Waals surface area (Å²) >= 11 is 0. The predicted molar refractivity (Wildman–Crippen MR) is 135 cm³/mol. The third-order valence-electron chi connectivity index (χ3n) is 6.34. The zero-order valence-corrected chi connectivity index (χ0v) is 20.1. The van der Waals surface area contributed by atoms with Crippen LogP contribution in [0.1, 0.15) is 54.2 Å². The molecule has 4 rings (SSSR count). The minimum atomic E-state index is -0.897. The molecule has 1 atom stereocenters. The van der Waals surface area contributed by atoms with Gasteiger partial charge in [-0.1, -0.05) is 37.5 Å². The van der Waals surface area contributed by atoms with E-state index < -0.39 is 6.04 Å². The predicted octanol–water partition coefficient (Wildman–Crippen LogP) is 4.94. The second-order valence-corrected chi connectivity index (χ2v) is 8.61. The fourth-order valence-electron chi connectivity index (χ4n) is 4.47. The molecule has 0 unspecified atom stereocenters. The van der Waals surface area contributed by atoms with Crippen LogP contribution < -0.4 is 19.7 Å². The number of hydrogen-bond donors (Lipinski definition) is 1. The van der Waals surface area contributed by atoms with E-state index >= 15 is 0 Å². The fraction of sp³-hybridized carbons (Fsp3) is 0.321. The summed E-state index contributed by atoms with van der Waals surface area (Å²) in [4.78, 5) is 33.5. The molecule has 7 heteroatoms. The highest BCUT2D eigenvalue weighted by Crippen LogP contribution is 2.32. The molecule has 1 aliphatic rings. The number of aromatic nitrogens is 1. The first-order valence-electron chi connectivity index (χ1n) is 11.9. The molecule has 0 aliphatic heterocycles. The van der Waals surface area contributed by atoms with Crippen molar-refractivity contribution in [2.75, 3.05) is 19.1 Å². The van der Waals surface area contributed by atoms with Crippen LogP contribution in [0.3, 0.4) is 0 Å². The van der Waals surface area contributed by atoms with Crippen LogP contribution >= 0.6 is 0 Å². The Hall–Kier alpha value is -3.87. The van der Waals surface area contributed by atoms with E-state index in [0.29, 0.717) is 22.7 Å². The molecule has 0 radical (unpaired) electrons. The summed E-state index contributed by atoms with van der Waals surface area (Å²) in [6.45, 7) is 0. The number of hydrogen-bond acceptors (Lipinski definition) is 5. The number of anilines is 1. The van der Waals surface area contributed by atoms with Crippen molar-refractivity contribution in [3.05, 3.63) is 84.2 Å². The van der Waals surface area contributed by atoms with Gasteiger partial charge in [0, 0.05) is 17.9 Å². The van der Waals surface area contributed by atoms with E-state index in [-0.39, 0.29) is 23.6 Å². The van der Waals surface area contributed by atoms with Gasteiger partial charge in [0.25, 0.3) is 5.91 Å². The third-order valence-corrected chi connectivity index (χ3v) is 6.34. The molecule has 2 aromatic carbocycles. The molecule has 7 nitrogen and oxygen atoms in total. The molecule has 2 amide bonds. The maximum Gasteiger partial charge on any atom is 0.277 e. The van der Waals surface area contributed by atoms with Gasteiger partial charge in [0.2, 0.25) is 5.91 Å². The molecular formula is C28H31N3O4. The summed E-state index contributed by atoms with van der Waals surface area (Å²) in [7, 11) is 3.18. The minimum absolute atomic E-state index is 0.0969. The number of amides is 2. The summed E-state index contributed by atoms with van der Waals surface area (Å²) in [6, 6.07) is 18.7. The van der Waals surface area contributed by atoms with Crippen molar-refractivity contribution in [3.63, 3.8) is 0 Å². The number of ether oxygens (including phenoxy) is 2. The van der Waals surface area contributed by atoms with E-state index in [1.165, 1.54) is 11.3 Å². The number of rotatable bonds is 8. The number of pyridine rings is 1. The quantitative estimate of drug-likeness (QED) is 0.501. The highest BCUT2D eigenvalue weighted by atomic mass is 16.5. The maximum atomic E-state index is 13.9. The second-order valence-electron chi connectivity index (χ2n) is 8.61. The van der Waals surface area contributed by atoms with Crippen molar-refractivity contribution in [1.29, 1.82) is 0 Å². The summed E-state index contributed by atoms with van der Waals surface area (Å²) in [5.41, 5.74) is 1.51. The summed E-state index contributed by atoms with van der Waals surface area (Å²) in [5.74, 6) is 0.747. The number of methoxy groups -OCH3 is 2. The van der Waals surface area contributed by atoms with Gasteiger partial charge >= 0.3 is 0 Å². The molecule has 0 spiro atoms. The van der Waals surface area contributed by atoms with Crippen molar-refractivity contribution in [3.8, 4) is 11.5 Å². The topological polar surface area (TPSA) is 80.8 Å². The van der Waals surface area contributed by atoms with Crippen molar-refractivity contribution in [2.24, 2.45) is 0 Å². The van der Waals surface area contributed by atoms with E-state index in [0.717, 1.165) is 25.7 Å². The number of carbonyl (C=O) groups is 2. The van der Waals surface area contributed by atoms with Gasteiger partial charge in [0.15, 0.2) is 0 Å². The standard InChI is InChI=1S/C28H31N3O4/c1-34-23-15-11-20(12-16-23)26(27(32)30-21-8-4-3-5-9-21)31(22-13-17-24(35-2)18-14-22)28(33)25-10-6-7-19-29-25/h6-7,10-19,21,26H,3-5,8-9H2,1-2H3,(H,30,32)/t26-/m0/s1. The van der Waals surface area contributed by atoms with Gasteiger partial charge in [0.05, 0.1) is 14.2 Å². The molecular weight excluding hydrogens is 442 g/mol. The number of carbonyl (C=O) groups excluding carboxylic acids is 2. The largest absolute Gasteiger partial charge is 0.497 e. The molecule has 0 saturated heterocycles. The van der Waals surface area contributed by atoms with Crippen molar-refractivity contribution < 1.29 is 19.1 Å². The smallest absolute Gasteiger partial charge is 0.277 e. The normalized spacial score (nSPS) is 14.6. The molecule has 1 N–H and O–H groups in total. The fourth-order valence-corrected chi connectivity index (χ4v) is 4.47. The lowest BCUT2D eigenvalue weighted by Gasteiger charge is -2.33. The van der Waals surface area contributed by atoms with Crippen LogP contribution in [0.5, 0.6) is 11.5 Å². The minimum Gasteiger partial charge on any atom is -0.497 e. The Morgan fingerprint density at radius 2 is 1.51 bits per heavy atom. The lowest BCUT2D eigenvalue weighted by Crippen LogP contribution is -2.47. The zero-order valence-electron chi connectivity index (χ0n) is 20.1. The SMILES string of the molecule is COc1ccc([C@@H](C(=O)NC2CCCCC2)N(C(=O)c2ccccn2)c2ccc(OC)cc2)cc1. The Kier molecular flexibility index (Phi) is 7.98. The van der Waals surface area contributed by atoms with Crippen LogP contribution in [0, 0.1) is 0 Å². The van der Waals surface area contributed by atoms with Crippen molar-refractivity contribution >= 4 is 17.5 Å². The molecule has 3 aromatic rings. The molecule has 0 bridgehead atoms. The lowest BCUT2D eigenvalue weighted by molar-refractivity contribution is -0.123. The zero-order chi connectivity index (χ0) is 24.6. The number of nitrogens with zero attached hydrogens (tertiary/aromatic N) is 2. The Labute approximate surface area is 206 Å². The molecule has 1 fully saturated rings. The highest BCUT2D eigenvalue weighted by molar-refractivity contribution is 6.09. The second kappa shape index (κ2) is 11.5. The van der Waals surface area contributed by atoms with Gasteiger partial charge < -0.3 is 14.8 Å². The molecule has 1 aliphatic carbocycles. The molecule has 35 heavy (non-hydrogen) atoms. The summed E-state index contributed by atoms with van der Waals surface area (Å²) in [5, 5.41) is 3.22. The number of benzene rings is 2. The van der Waals surface area contributed by atoms with Crippen molar-refractivity contribution in [1.82, 2.24) is 10.3 Å². The first kappa shape index (κ1) is 24.3. The monoisotopic (exact) mass is 473 g/mol. The van der Waals surface area contributed by atoms with Gasteiger partial charge in [-0.05, 0) is 66.9 Å². The Balaban J connectivity index is 1.79. The van der Waals surface area contributed by atoms with Gasteiger partial charge in [-0.2, -0.15) is 0 Å². The summed E-state index contributed by atoms with van der Waals surface area (Å²) in [6.07, 6.45) is 6.82. The Bertz CT molecular complexity index is 1110. The van der Waals surface area contributed by atoms with E-state index in [9.17, 15) is 9.59 Å². The van der Waals surface area contributed by atoms with E-state index in [1.54, 1.807) is 75.0 Å². The summed E-state index contributed by atoms with van der Waals surface area (Å²) < 4.78 is 10.6. The van der Waals surface area contributed by atoms with Gasteiger partial charge in [0.1, 0.15) is 23.2 Å². The molecule has 1 saturated carbocycles. The average molecular weight is 474 g/mol. The van der Waals surface area contributed by atoms with E-state index in [1.807, 2.05) is 12.1 Å². The third kappa shape index (κ3) is 5.80. The highest BCUT2D eigenvalue weighted by Gasteiger charge is 2.35. The average Bonchev–Trinajstić information content (AvgIpc) is 2.92. The van der Waals surface area contributed by atoms with Crippen LogP contribution in [-0.4, -0.2) is 37.1 Å². The van der Waals surface area contributed by atoms with Gasteiger partial charge in [-0.3, -0.25) is 19.5 Å². The van der Waals surface area contributed by atoms with E-state index in [4.69, 9.17) is 9.47 Å². The maximum absolute atomic E-state index is 13.9. The van der Waals surface area contributed by atoms with Crippen LogP contribution in [-0.2, 0) is 4.79 Å². The lowest BCUT2D eigenvalue weighted by atomic mass is 9.94. The van der Waals surface area contributed by atoms with Crippen LogP contribution in [0.15, 0.2) is 72.9 Å². The Morgan fingerprint density at radius 3 is 2.09 bits per heavy atom. The van der Waals surface area contributed by atoms with Gasteiger partial charge in [-0.15, -0.1) is 0 Å². The van der Waals surface area contributed by atoms with Gasteiger partial charge in [-0.25, -0.2) is 0 Å². The molecule has 1 heterocycles.